The topological polar surface area (TPSA) is 77.8 Å². The molecule has 2 N–H and O–H groups in total. The number of rotatable bonds is 5. The number of aliphatic hydroxyl groups excluding tert-OH is 1. The lowest BCUT2D eigenvalue weighted by Gasteiger charge is -2.32. The molecule has 20 heavy (non-hydrogen) atoms. The second-order valence-corrected chi connectivity index (χ2v) is 5.09. The number of carboxylic acid groups (broad SMARTS) is 1. The number of carbonyl (C=O) groups is 2. The number of likely N-dealkylation sites (N-methyl/N-ethyl adjacent to an activating group) is 1. The van der Waals surface area contributed by atoms with E-state index in [4.69, 9.17) is 5.11 Å². The van der Waals surface area contributed by atoms with E-state index in [1.807, 2.05) is 0 Å². The molecule has 1 unspecified atom stereocenters. The van der Waals surface area contributed by atoms with Crippen molar-refractivity contribution in [3.63, 3.8) is 0 Å². The van der Waals surface area contributed by atoms with Gasteiger partial charge in [0.1, 0.15) is 11.4 Å². The zero-order valence-corrected chi connectivity index (χ0v) is 11.6. The minimum atomic E-state index is -1.38. The molecular formula is C14H18FNO4. The van der Waals surface area contributed by atoms with Crippen molar-refractivity contribution in [3.05, 3.63) is 35.6 Å². The highest BCUT2D eigenvalue weighted by Gasteiger charge is 2.35. The van der Waals surface area contributed by atoms with E-state index in [1.54, 1.807) is 0 Å². The summed E-state index contributed by atoms with van der Waals surface area (Å²) in [5.74, 6) is -2.18. The largest absolute Gasteiger partial charge is 0.480 e. The summed E-state index contributed by atoms with van der Waals surface area (Å²) in [6.45, 7) is 2.78. The van der Waals surface area contributed by atoms with Gasteiger partial charge in [-0.1, -0.05) is 12.1 Å². The molecule has 0 heterocycles. The highest BCUT2D eigenvalue weighted by atomic mass is 19.1. The monoisotopic (exact) mass is 283 g/mol. The minimum Gasteiger partial charge on any atom is -0.480 e. The highest BCUT2D eigenvalue weighted by molar-refractivity contribution is 5.86. The van der Waals surface area contributed by atoms with Gasteiger partial charge in [-0.25, -0.2) is 9.18 Å². The molecule has 0 spiro atoms. The number of halogens is 1. The maximum Gasteiger partial charge on any atom is 0.329 e. The van der Waals surface area contributed by atoms with Crippen molar-refractivity contribution in [2.45, 2.75) is 31.9 Å². The van der Waals surface area contributed by atoms with E-state index in [-0.39, 0.29) is 12.0 Å². The Morgan fingerprint density at radius 2 is 2.00 bits per heavy atom. The van der Waals surface area contributed by atoms with Crippen molar-refractivity contribution >= 4 is 11.9 Å². The standard InChI is InChI=1S/C14H18FNO4/c1-14(2,13(19)20)16(3)12(18)8-11(17)9-5-4-6-10(15)7-9/h4-7,11,17H,8H2,1-3H3,(H,19,20). The zero-order chi connectivity index (χ0) is 15.5. The summed E-state index contributed by atoms with van der Waals surface area (Å²) in [6, 6.07) is 5.31. The fourth-order valence-electron chi connectivity index (χ4n) is 1.59. The van der Waals surface area contributed by atoms with E-state index in [1.165, 1.54) is 39.1 Å². The van der Waals surface area contributed by atoms with Crippen molar-refractivity contribution < 1.29 is 24.2 Å². The molecule has 5 nitrogen and oxygen atoms in total. The SMILES string of the molecule is CN(C(=O)CC(O)c1cccc(F)c1)C(C)(C)C(=O)O. The number of carboxylic acids is 1. The highest BCUT2D eigenvalue weighted by Crippen LogP contribution is 2.21. The van der Waals surface area contributed by atoms with E-state index < -0.39 is 29.3 Å². The summed E-state index contributed by atoms with van der Waals surface area (Å²) in [5.41, 5.74) is -1.10. The van der Waals surface area contributed by atoms with Crippen LogP contribution in [0.2, 0.25) is 0 Å². The molecule has 6 heteroatoms. The second-order valence-electron chi connectivity index (χ2n) is 5.09. The van der Waals surface area contributed by atoms with E-state index in [0.29, 0.717) is 0 Å². The number of carbonyl (C=O) groups excluding carboxylic acids is 1. The van der Waals surface area contributed by atoms with Crippen molar-refractivity contribution in [1.82, 2.24) is 4.90 Å². The molecular weight excluding hydrogens is 265 g/mol. The molecule has 0 bridgehead atoms. The van der Waals surface area contributed by atoms with Crippen LogP contribution in [0.1, 0.15) is 31.9 Å². The molecule has 1 rings (SSSR count). The number of nitrogens with zero attached hydrogens (tertiary/aromatic N) is 1. The first-order valence-corrected chi connectivity index (χ1v) is 6.10. The average Bonchev–Trinajstić information content (AvgIpc) is 2.37. The first kappa shape index (κ1) is 16.1. The van der Waals surface area contributed by atoms with Crippen LogP contribution in [0.15, 0.2) is 24.3 Å². The molecule has 0 saturated carbocycles. The molecule has 1 amide bonds. The summed E-state index contributed by atoms with van der Waals surface area (Å²) in [5, 5.41) is 18.9. The third-order valence-electron chi connectivity index (χ3n) is 3.34. The Kier molecular flexibility index (Phi) is 4.83. The predicted molar refractivity (Wildman–Crippen MR) is 70.5 cm³/mol. The number of aliphatic hydroxyl groups is 1. The quantitative estimate of drug-likeness (QED) is 0.860. The third kappa shape index (κ3) is 3.54. The van der Waals surface area contributed by atoms with Crippen LogP contribution in [0.25, 0.3) is 0 Å². The molecule has 110 valence electrons. The normalized spacial score (nSPS) is 12.8. The van der Waals surface area contributed by atoms with Crippen molar-refractivity contribution in [2.24, 2.45) is 0 Å². The van der Waals surface area contributed by atoms with Crippen LogP contribution in [-0.4, -0.2) is 39.6 Å². The molecule has 0 fully saturated rings. The van der Waals surface area contributed by atoms with E-state index in [2.05, 4.69) is 0 Å². The van der Waals surface area contributed by atoms with Gasteiger partial charge in [0.2, 0.25) is 5.91 Å². The number of benzene rings is 1. The van der Waals surface area contributed by atoms with E-state index in [0.717, 1.165) is 11.0 Å². The summed E-state index contributed by atoms with van der Waals surface area (Å²) in [6.07, 6.45) is -1.48. The summed E-state index contributed by atoms with van der Waals surface area (Å²) >= 11 is 0. The van der Waals surface area contributed by atoms with Crippen LogP contribution in [0.5, 0.6) is 0 Å². The van der Waals surface area contributed by atoms with E-state index >= 15 is 0 Å². The fraction of sp³-hybridized carbons (Fsp3) is 0.429. The van der Waals surface area contributed by atoms with Gasteiger partial charge in [-0.3, -0.25) is 4.79 Å². The van der Waals surface area contributed by atoms with Crippen LogP contribution in [0.4, 0.5) is 4.39 Å². The van der Waals surface area contributed by atoms with Gasteiger partial charge in [-0.05, 0) is 31.5 Å². The predicted octanol–water partition coefficient (Wildman–Crippen LogP) is 1.57. The Labute approximate surface area is 116 Å². The molecule has 0 aliphatic rings. The lowest BCUT2D eigenvalue weighted by Crippen LogP contribution is -2.51. The molecule has 0 aliphatic carbocycles. The number of amides is 1. The van der Waals surface area contributed by atoms with Crippen molar-refractivity contribution in [1.29, 1.82) is 0 Å². The maximum absolute atomic E-state index is 13.0. The molecule has 0 radical (unpaired) electrons. The summed E-state index contributed by atoms with van der Waals surface area (Å²) < 4.78 is 13.0. The Morgan fingerprint density at radius 1 is 1.40 bits per heavy atom. The van der Waals surface area contributed by atoms with Gasteiger partial charge < -0.3 is 15.1 Å². The first-order valence-electron chi connectivity index (χ1n) is 6.10. The van der Waals surface area contributed by atoms with Crippen molar-refractivity contribution in [2.75, 3.05) is 7.05 Å². The zero-order valence-electron chi connectivity index (χ0n) is 11.6. The van der Waals surface area contributed by atoms with Gasteiger partial charge in [-0.15, -0.1) is 0 Å². The van der Waals surface area contributed by atoms with Crippen LogP contribution < -0.4 is 0 Å². The van der Waals surface area contributed by atoms with E-state index in [9.17, 15) is 19.1 Å². The first-order chi connectivity index (χ1) is 9.16. The van der Waals surface area contributed by atoms with Crippen LogP contribution in [0.3, 0.4) is 0 Å². The Morgan fingerprint density at radius 3 is 2.50 bits per heavy atom. The third-order valence-corrected chi connectivity index (χ3v) is 3.34. The van der Waals surface area contributed by atoms with Gasteiger partial charge >= 0.3 is 5.97 Å². The van der Waals surface area contributed by atoms with Gasteiger partial charge in [0.15, 0.2) is 0 Å². The molecule has 0 aliphatic heterocycles. The number of aliphatic carboxylic acids is 1. The molecule has 1 aromatic carbocycles. The molecule has 0 saturated heterocycles. The number of hydrogen-bond acceptors (Lipinski definition) is 3. The lowest BCUT2D eigenvalue weighted by atomic mass is 10.0. The number of hydrogen-bond donors (Lipinski definition) is 2. The van der Waals surface area contributed by atoms with Gasteiger partial charge in [0, 0.05) is 7.05 Å². The Balaban J connectivity index is 2.78. The van der Waals surface area contributed by atoms with Crippen LogP contribution in [-0.2, 0) is 9.59 Å². The summed E-state index contributed by atoms with van der Waals surface area (Å²) in [7, 11) is 1.36. The Hall–Kier alpha value is -1.95. The van der Waals surface area contributed by atoms with Gasteiger partial charge in [0.25, 0.3) is 0 Å². The molecule has 1 aromatic rings. The van der Waals surface area contributed by atoms with Crippen molar-refractivity contribution in [3.8, 4) is 0 Å². The second kappa shape index (κ2) is 6.00. The summed E-state index contributed by atoms with van der Waals surface area (Å²) in [4.78, 5) is 24.1. The Bertz CT molecular complexity index is 516. The lowest BCUT2D eigenvalue weighted by molar-refractivity contribution is -0.156. The fourth-order valence-corrected chi connectivity index (χ4v) is 1.59. The molecule has 0 aromatic heterocycles. The van der Waals surface area contributed by atoms with Crippen LogP contribution >= 0.6 is 0 Å². The maximum atomic E-state index is 13.0. The van der Waals surface area contributed by atoms with Crippen LogP contribution in [0, 0.1) is 5.82 Å². The smallest absolute Gasteiger partial charge is 0.329 e. The average molecular weight is 283 g/mol. The molecule has 1 atom stereocenters. The minimum absolute atomic E-state index is 0.278. The van der Waals surface area contributed by atoms with Gasteiger partial charge in [-0.2, -0.15) is 0 Å². The van der Waals surface area contributed by atoms with Gasteiger partial charge in [0.05, 0.1) is 12.5 Å².